The van der Waals surface area contributed by atoms with Crippen LogP contribution in [0.25, 0.3) is 0 Å². The van der Waals surface area contributed by atoms with Crippen LogP contribution in [0.3, 0.4) is 0 Å². The second kappa shape index (κ2) is 4.29. The number of hydrogen-bond donors (Lipinski definition) is 3. The number of aliphatic hydroxyl groups excluding tert-OH is 1. The molecule has 0 radical (unpaired) electrons. The highest BCUT2D eigenvalue weighted by atomic mass is 79.9. The number of aliphatic hydroxyl groups is 1. The van der Waals surface area contributed by atoms with E-state index >= 15 is 0 Å². The molecule has 1 unspecified atom stereocenters. The van der Waals surface area contributed by atoms with Gasteiger partial charge in [-0.05, 0) is 31.5 Å². The topological polar surface area (TPSA) is 66.5 Å². The standard InChI is InChI=1S/C10H14BrNO2/c1-5-3-7(11)4-8(10(5)14)9(12)6(2)13/h3-4,6,9,13-14H,12H2,1-2H3/t6?,9-/m1/s1. The van der Waals surface area contributed by atoms with Crippen LogP contribution in [0.15, 0.2) is 16.6 Å². The van der Waals surface area contributed by atoms with Gasteiger partial charge in [-0.3, -0.25) is 0 Å². The number of phenolic OH excluding ortho intramolecular Hbond substituents is 1. The van der Waals surface area contributed by atoms with Gasteiger partial charge in [-0.2, -0.15) is 0 Å². The molecule has 0 aliphatic rings. The Balaban J connectivity index is 3.20. The Bertz CT molecular complexity index is 339. The van der Waals surface area contributed by atoms with Crippen LogP contribution in [0, 0.1) is 6.92 Å². The summed E-state index contributed by atoms with van der Waals surface area (Å²) < 4.78 is 0.846. The summed E-state index contributed by atoms with van der Waals surface area (Å²) in [7, 11) is 0. The fraction of sp³-hybridized carbons (Fsp3) is 0.400. The van der Waals surface area contributed by atoms with Gasteiger partial charge in [-0.25, -0.2) is 0 Å². The van der Waals surface area contributed by atoms with Gasteiger partial charge in [0.25, 0.3) is 0 Å². The van der Waals surface area contributed by atoms with Crippen LogP contribution in [-0.4, -0.2) is 16.3 Å². The third-order valence-corrected chi connectivity index (χ3v) is 2.63. The monoisotopic (exact) mass is 259 g/mol. The predicted octanol–water partition coefficient (Wildman–Crippen LogP) is 1.84. The first-order valence-corrected chi connectivity index (χ1v) is 5.15. The molecule has 0 aliphatic carbocycles. The summed E-state index contributed by atoms with van der Waals surface area (Å²) in [5, 5.41) is 19.1. The van der Waals surface area contributed by atoms with E-state index in [9.17, 15) is 10.2 Å². The molecule has 0 amide bonds. The summed E-state index contributed by atoms with van der Waals surface area (Å²) in [5.41, 5.74) is 7.05. The molecule has 78 valence electrons. The molecule has 1 aromatic rings. The number of aryl methyl sites for hydroxylation is 1. The molecule has 0 aromatic heterocycles. The Hall–Kier alpha value is -0.580. The zero-order chi connectivity index (χ0) is 10.9. The van der Waals surface area contributed by atoms with Gasteiger partial charge in [0.05, 0.1) is 12.1 Å². The van der Waals surface area contributed by atoms with Crippen LogP contribution in [0.5, 0.6) is 5.75 Å². The van der Waals surface area contributed by atoms with Gasteiger partial charge in [0.2, 0.25) is 0 Å². The minimum absolute atomic E-state index is 0.154. The van der Waals surface area contributed by atoms with Gasteiger partial charge in [0, 0.05) is 10.0 Å². The fourth-order valence-corrected chi connectivity index (χ4v) is 1.87. The van der Waals surface area contributed by atoms with E-state index in [1.54, 1.807) is 26.0 Å². The van der Waals surface area contributed by atoms with Crippen molar-refractivity contribution < 1.29 is 10.2 Å². The van der Waals surface area contributed by atoms with Gasteiger partial charge in [-0.15, -0.1) is 0 Å². The van der Waals surface area contributed by atoms with Crippen molar-refractivity contribution in [3.05, 3.63) is 27.7 Å². The molecular weight excluding hydrogens is 246 g/mol. The first kappa shape index (κ1) is 11.5. The summed E-state index contributed by atoms with van der Waals surface area (Å²) in [4.78, 5) is 0. The van der Waals surface area contributed by atoms with Crippen LogP contribution < -0.4 is 5.73 Å². The summed E-state index contributed by atoms with van der Waals surface area (Å²) in [6.45, 7) is 3.39. The van der Waals surface area contributed by atoms with E-state index in [2.05, 4.69) is 15.9 Å². The molecule has 4 N–H and O–H groups in total. The third kappa shape index (κ3) is 2.26. The normalized spacial score (nSPS) is 15.2. The third-order valence-electron chi connectivity index (χ3n) is 2.17. The van der Waals surface area contributed by atoms with E-state index in [-0.39, 0.29) is 5.75 Å². The number of aromatic hydroxyl groups is 1. The van der Waals surface area contributed by atoms with Crippen LogP contribution in [0.1, 0.15) is 24.1 Å². The van der Waals surface area contributed by atoms with Crippen LogP contribution >= 0.6 is 15.9 Å². The largest absolute Gasteiger partial charge is 0.507 e. The van der Waals surface area contributed by atoms with Crippen LogP contribution in [-0.2, 0) is 0 Å². The van der Waals surface area contributed by atoms with Crippen molar-refractivity contribution in [2.24, 2.45) is 5.73 Å². The second-order valence-corrected chi connectivity index (χ2v) is 4.34. The number of nitrogens with two attached hydrogens (primary N) is 1. The lowest BCUT2D eigenvalue weighted by Crippen LogP contribution is -2.23. The van der Waals surface area contributed by atoms with Crippen molar-refractivity contribution in [2.75, 3.05) is 0 Å². The van der Waals surface area contributed by atoms with Crippen LogP contribution in [0.4, 0.5) is 0 Å². The molecule has 3 nitrogen and oxygen atoms in total. The number of rotatable bonds is 2. The van der Waals surface area contributed by atoms with E-state index in [0.29, 0.717) is 5.56 Å². The number of halogens is 1. The highest BCUT2D eigenvalue weighted by molar-refractivity contribution is 9.10. The zero-order valence-corrected chi connectivity index (χ0v) is 9.75. The molecule has 0 saturated carbocycles. The molecule has 1 aromatic carbocycles. The summed E-state index contributed by atoms with van der Waals surface area (Å²) >= 11 is 3.32. The number of hydrogen-bond acceptors (Lipinski definition) is 3. The Morgan fingerprint density at radius 3 is 2.50 bits per heavy atom. The zero-order valence-electron chi connectivity index (χ0n) is 8.16. The Morgan fingerprint density at radius 2 is 2.00 bits per heavy atom. The first-order valence-electron chi connectivity index (χ1n) is 4.36. The minimum Gasteiger partial charge on any atom is -0.507 e. The van der Waals surface area contributed by atoms with Crippen molar-refractivity contribution >= 4 is 15.9 Å². The molecule has 4 heteroatoms. The second-order valence-electron chi connectivity index (χ2n) is 3.43. The molecule has 0 bridgehead atoms. The average molecular weight is 260 g/mol. The number of phenols is 1. The molecule has 1 rings (SSSR count). The molecule has 0 saturated heterocycles. The lowest BCUT2D eigenvalue weighted by atomic mass is 10.00. The van der Waals surface area contributed by atoms with Crippen molar-refractivity contribution in [3.8, 4) is 5.75 Å². The summed E-state index contributed by atoms with van der Waals surface area (Å²) in [6.07, 6.45) is -0.686. The minimum atomic E-state index is -0.686. The molecule has 2 atom stereocenters. The SMILES string of the molecule is Cc1cc(Br)cc([C@H](N)C(C)O)c1O. The van der Waals surface area contributed by atoms with Gasteiger partial charge in [-0.1, -0.05) is 15.9 Å². The maximum Gasteiger partial charge on any atom is 0.123 e. The molecular formula is C10H14BrNO2. The maximum atomic E-state index is 9.73. The highest BCUT2D eigenvalue weighted by Gasteiger charge is 2.17. The fourth-order valence-electron chi connectivity index (χ4n) is 1.28. The van der Waals surface area contributed by atoms with E-state index in [4.69, 9.17) is 5.73 Å². The molecule has 0 fully saturated rings. The predicted molar refractivity (Wildman–Crippen MR) is 59.2 cm³/mol. The lowest BCUT2D eigenvalue weighted by molar-refractivity contribution is 0.162. The van der Waals surface area contributed by atoms with E-state index in [0.717, 1.165) is 10.0 Å². The van der Waals surface area contributed by atoms with E-state index < -0.39 is 12.1 Å². The lowest BCUT2D eigenvalue weighted by Gasteiger charge is -2.17. The van der Waals surface area contributed by atoms with Crippen molar-refractivity contribution in [3.63, 3.8) is 0 Å². The van der Waals surface area contributed by atoms with Gasteiger partial charge < -0.3 is 15.9 Å². The Labute approximate surface area is 91.7 Å². The van der Waals surface area contributed by atoms with Crippen molar-refractivity contribution in [1.82, 2.24) is 0 Å². The smallest absolute Gasteiger partial charge is 0.123 e. The molecule has 14 heavy (non-hydrogen) atoms. The summed E-state index contributed by atoms with van der Waals surface area (Å²) in [6, 6.07) is 2.96. The first-order chi connectivity index (χ1) is 6.43. The highest BCUT2D eigenvalue weighted by Crippen LogP contribution is 2.31. The van der Waals surface area contributed by atoms with Gasteiger partial charge in [0.15, 0.2) is 0 Å². The van der Waals surface area contributed by atoms with Gasteiger partial charge >= 0.3 is 0 Å². The average Bonchev–Trinajstić information content (AvgIpc) is 2.09. The Morgan fingerprint density at radius 1 is 1.43 bits per heavy atom. The quantitative estimate of drug-likeness (QED) is 0.760. The Kier molecular flexibility index (Phi) is 3.53. The molecule has 0 aliphatic heterocycles. The van der Waals surface area contributed by atoms with Gasteiger partial charge in [0.1, 0.15) is 5.75 Å². The van der Waals surface area contributed by atoms with Crippen molar-refractivity contribution in [1.29, 1.82) is 0 Å². The van der Waals surface area contributed by atoms with E-state index in [1.165, 1.54) is 0 Å². The van der Waals surface area contributed by atoms with Crippen LogP contribution in [0.2, 0.25) is 0 Å². The molecule has 0 heterocycles. The van der Waals surface area contributed by atoms with Crippen molar-refractivity contribution in [2.45, 2.75) is 26.0 Å². The number of benzene rings is 1. The maximum absolute atomic E-state index is 9.73. The van der Waals surface area contributed by atoms with E-state index in [1.807, 2.05) is 0 Å². The molecule has 0 spiro atoms. The summed E-state index contributed by atoms with van der Waals surface area (Å²) in [5.74, 6) is 0.154.